The molecule has 2 aromatic heterocycles. The number of fused-ring (bicyclic) bond motifs is 1. The molecule has 1 aliphatic rings. The molecule has 0 unspecified atom stereocenters. The minimum absolute atomic E-state index is 0.291. The minimum Gasteiger partial charge on any atom is -0.351 e. The predicted octanol–water partition coefficient (Wildman–Crippen LogP) is 1.86. The van der Waals surface area contributed by atoms with Crippen molar-refractivity contribution in [3.05, 3.63) is 35.8 Å². The number of halogens is 3. The van der Waals surface area contributed by atoms with E-state index in [-0.39, 0.29) is 0 Å². The second-order valence-corrected chi connectivity index (χ2v) is 4.93. The third-order valence-electron chi connectivity index (χ3n) is 3.46. The van der Waals surface area contributed by atoms with Crippen molar-refractivity contribution >= 4 is 6.03 Å². The molecule has 2 aromatic rings. The van der Waals surface area contributed by atoms with Crippen LogP contribution in [0.25, 0.3) is 11.3 Å². The first-order valence-corrected chi connectivity index (χ1v) is 6.49. The zero-order valence-corrected chi connectivity index (χ0v) is 11.3. The molecule has 0 saturated carbocycles. The van der Waals surface area contributed by atoms with Gasteiger partial charge in [-0.05, 0) is 18.2 Å². The largest absolute Gasteiger partial charge is 0.433 e. The van der Waals surface area contributed by atoms with Gasteiger partial charge in [0.1, 0.15) is 5.69 Å². The normalized spacial score (nSPS) is 14.8. The number of pyridine rings is 1. The topological polar surface area (TPSA) is 77.0 Å². The Hall–Kier alpha value is -2.58. The maximum absolute atomic E-state index is 12.7. The Bertz CT molecular complexity index is 725. The quantitative estimate of drug-likeness (QED) is 0.873. The summed E-state index contributed by atoms with van der Waals surface area (Å²) in [6, 6.07) is 3.55. The van der Waals surface area contributed by atoms with Gasteiger partial charge < -0.3 is 10.6 Å². The van der Waals surface area contributed by atoms with E-state index >= 15 is 0 Å². The summed E-state index contributed by atoms with van der Waals surface area (Å²) in [4.78, 5) is 16.0. The molecule has 9 heteroatoms. The van der Waals surface area contributed by atoms with Gasteiger partial charge in [-0.1, -0.05) is 0 Å². The third-order valence-corrected chi connectivity index (χ3v) is 3.46. The zero-order valence-electron chi connectivity index (χ0n) is 11.3. The molecule has 0 radical (unpaired) electrons. The highest BCUT2D eigenvalue weighted by Gasteiger charge is 2.32. The van der Waals surface area contributed by atoms with Crippen molar-refractivity contribution in [2.75, 3.05) is 6.54 Å². The van der Waals surface area contributed by atoms with Crippen molar-refractivity contribution in [3.63, 3.8) is 0 Å². The Morgan fingerprint density at radius 2 is 2.05 bits per heavy atom. The van der Waals surface area contributed by atoms with Crippen LogP contribution in [0.15, 0.2) is 24.4 Å². The van der Waals surface area contributed by atoms with Gasteiger partial charge in [0.05, 0.1) is 24.5 Å². The molecule has 0 fully saturated rings. The van der Waals surface area contributed by atoms with Crippen LogP contribution in [0, 0.1) is 0 Å². The van der Waals surface area contributed by atoms with Gasteiger partial charge in [-0.3, -0.25) is 9.67 Å². The number of hydrogen-bond donors (Lipinski definition) is 1. The second-order valence-electron chi connectivity index (χ2n) is 4.93. The number of hydrogen-bond acceptors (Lipinski definition) is 3. The van der Waals surface area contributed by atoms with Crippen LogP contribution < -0.4 is 5.73 Å². The Morgan fingerprint density at radius 1 is 1.27 bits per heavy atom. The van der Waals surface area contributed by atoms with E-state index in [1.165, 1.54) is 11.0 Å². The lowest BCUT2D eigenvalue weighted by Crippen LogP contribution is -2.41. The van der Waals surface area contributed by atoms with Gasteiger partial charge in [0.2, 0.25) is 0 Å². The van der Waals surface area contributed by atoms with Gasteiger partial charge in [0.15, 0.2) is 0 Å². The molecule has 0 saturated heterocycles. The molecule has 2 N–H and O–H groups in total. The number of urea groups is 1. The average molecular weight is 311 g/mol. The molecular formula is C13H12F3N5O. The number of carbonyl (C=O) groups is 1. The highest BCUT2D eigenvalue weighted by atomic mass is 19.4. The molecule has 0 bridgehead atoms. The summed E-state index contributed by atoms with van der Waals surface area (Å²) in [6.07, 6.45) is -3.40. The molecule has 3 rings (SSSR count). The van der Waals surface area contributed by atoms with Gasteiger partial charge in [0, 0.05) is 18.3 Å². The summed E-state index contributed by atoms with van der Waals surface area (Å²) in [5, 5.41) is 4.28. The fourth-order valence-electron chi connectivity index (χ4n) is 2.34. The zero-order chi connectivity index (χ0) is 15.9. The van der Waals surface area contributed by atoms with Crippen LogP contribution in [0.2, 0.25) is 0 Å². The van der Waals surface area contributed by atoms with E-state index in [0.717, 1.165) is 18.0 Å². The summed E-state index contributed by atoms with van der Waals surface area (Å²) in [5.74, 6) is 0. The first-order valence-electron chi connectivity index (χ1n) is 6.49. The Morgan fingerprint density at radius 3 is 2.73 bits per heavy atom. The number of alkyl halides is 3. The lowest BCUT2D eigenvalue weighted by molar-refractivity contribution is -0.141. The molecule has 3 heterocycles. The fourth-order valence-corrected chi connectivity index (χ4v) is 2.34. The van der Waals surface area contributed by atoms with E-state index in [2.05, 4.69) is 10.1 Å². The SMILES string of the molecule is NC(=O)N1CCn2nc(-c3ccnc(C(F)(F)F)c3)cc2C1. The van der Waals surface area contributed by atoms with Gasteiger partial charge in [0.25, 0.3) is 0 Å². The van der Waals surface area contributed by atoms with Crippen LogP contribution in [-0.4, -0.2) is 32.2 Å². The van der Waals surface area contributed by atoms with Gasteiger partial charge >= 0.3 is 12.2 Å². The maximum atomic E-state index is 12.7. The first-order chi connectivity index (χ1) is 10.3. The second kappa shape index (κ2) is 5.00. The number of nitrogens with two attached hydrogens (primary N) is 1. The number of carbonyl (C=O) groups excluding carboxylic acids is 1. The van der Waals surface area contributed by atoms with Crippen molar-refractivity contribution in [1.29, 1.82) is 0 Å². The summed E-state index contributed by atoms with van der Waals surface area (Å²) < 4.78 is 39.8. The van der Waals surface area contributed by atoms with Crippen molar-refractivity contribution < 1.29 is 18.0 Å². The van der Waals surface area contributed by atoms with Gasteiger partial charge in [-0.15, -0.1) is 0 Å². The third kappa shape index (κ3) is 2.61. The molecule has 6 nitrogen and oxygen atoms in total. The first kappa shape index (κ1) is 14.4. The number of aromatic nitrogens is 3. The molecule has 1 aliphatic heterocycles. The summed E-state index contributed by atoms with van der Waals surface area (Å²) >= 11 is 0. The molecule has 0 aromatic carbocycles. The molecule has 0 atom stereocenters. The Kier molecular flexibility index (Phi) is 3.27. The van der Waals surface area contributed by atoms with Crippen LogP contribution in [0.3, 0.4) is 0 Å². The summed E-state index contributed by atoms with van der Waals surface area (Å²) in [6.45, 7) is 1.17. The number of nitrogens with zero attached hydrogens (tertiary/aromatic N) is 4. The standard InChI is InChI=1S/C13H12F3N5O/c14-13(15,16)11-5-8(1-2-18-11)10-6-9-7-20(12(17)22)3-4-21(9)19-10/h1-2,5-6H,3-4,7H2,(H2,17,22). The minimum atomic E-state index is -4.50. The molecule has 22 heavy (non-hydrogen) atoms. The highest BCUT2D eigenvalue weighted by molar-refractivity contribution is 5.72. The summed E-state index contributed by atoms with van der Waals surface area (Å²) in [7, 11) is 0. The number of rotatable bonds is 1. The molecular weight excluding hydrogens is 299 g/mol. The van der Waals surface area contributed by atoms with Crippen molar-refractivity contribution in [2.45, 2.75) is 19.3 Å². The highest BCUT2D eigenvalue weighted by Crippen LogP contribution is 2.30. The smallest absolute Gasteiger partial charge is 0.351 e. The Labute approximate surface area is 123 Å². The average Bonchev–Trinajstić information content (AvgIpc) is 2.89. The molecule has 0 aliphatic carbocycles. The van der Waals surface area contributed by atoms with E-state index in [0.29, 0.717) is 30.9 Å². The van der Waals surface area contributed by atoms with Crippen LogP contribution in [0.4, 0.5) is 18.0 Å². The molecule has 0 spiro atoms. The summed E-state index contributed by atoms with van der Waals surface area (Å²) in [5.41, 5.74) is 5.74. The van der Waals surface area contributed by atoms with Crippen LogP contribution in [0.5, 0.6) is 0 Å². The lowest BCUT2D eigenvalue weighted by atomic mass is 10.1. The van der Waals surface area contributed by atoms with Crippen molar-refractivity contribution in [2.24, 2.45) is 5.73 Å². The van der Waals surface area contributed by atoms with E-state index in [4.69, 9.17) is 5.73 Å². The van der Waals surface area contributed by atoms with Gasteiger partial charge in [-0.25, -0.2) is 4.79 Å². The lowest BCUT2D eigenvalue weighted by Gasteiger charge is -2.25. The molecule has 116 valence electrons. The van der Waals surface area contributed by atoms with Crippen LogP contribution in [-0.2, 0) is 19.3 Å². The fraction of sp³-hybridized carbons (Fsp3) is 0.308. The Balaban J connectivity index is 1.93. The van der Waals surface area contributed by atoms with E-state index in [1.807, 2.05) is 0 Å². The molecule has 2 amide bonds. The van der Waals surface area contributed by atoms with Gasteiger partial charge in [-0.2, -0.15) is 18.3 Å². The monoisotopic (exact) mass is 311 g/mol. The van der Waals surface area contributed by atoms with E-state index < -0.39 is 17.9 Å². The maximum Gasteiger partial charge on any atom is 0.433 e. The number of primary amides is 1. The predicted molar refractivity (Wildman–Crippen MR) is 70.5 cm³/mol. The van der Waals surface area contributed by atoms with E-state index in [9.17, 15) is 18.0 Å². The van der Waals surface area contributed by atoms with Crippen molar-refractivity contribution in [1.82, 2.24) is 19.7 Å². The van der Waals surface area contributed by atoms with Crippen molar-refractivity contribution in [3.8, 4) is 11.3 Å². The van der Waals surface area contributed by atoms with Crippen LogP contribution >= 0.6 is 0 Å². The number of amides is 2. The van der Waals surface area contributed by atoms with E-state index in [1.54, 1.807) is 10.7 Å². The van der Waals surface area contributed by atoms with Crippen LogP contribution in [0.1, 0.15) is 11.4 Å².